The van der Waals surface area contributed by atoms with Gasteiger partial charge in [0.1, 0.15) is 0 Å². The summed E-state index contributed by atoms with van der Waals surface area (Å²) in [4.78, 5) is 39.3. The van der Waals surface area contributed by atoms with E-state index < -0.39 is 34.7 Å². The zero-order valence-corrected chi connectivity index (χ0v) is 24.0. The molecule has 0 aliphatic carbocycles. The Balaban J connectivity index is 3.10. The lowest BCUT2D eigenvalue weighted by atomic mass is 10.3. The molecule has 0 fully saturated rings. The number of nitrogens with zero attached hydrogens (tertiary/aromatic N) is 3. The Morgan fingerprint density at radius 3 is 1.17 bits per heavy atom. The van der Waals surface area contributed by atoms with Crippen molar-refractivity contribution in [1.29, 1.82) is 0 Å². The van der Waals surface area contributed by atoms with E-state index in [1.165, 1.54) is 42.7 Å². The van der Waals surface area contributed by atoms with Crippen molar-refractivity contribution >= 4 is 17.6 Å². The predicted octanol–water partition coefficient (Wildman–Crippen LogP) is 1.29. The van der Waals surface area contributed by atoms with Gasteiger partial charge in [-0.15, -0.1) is 0 Å². The molecule has 1 aromatic rings. The molecule has 204 valence electrons. The van der Waals surface area contributed by atoms with Crippen molar-refractivity contribution in [2.24, 2.45) is 0 Å². The first-order valence-corrected chi connectivity index (χ1v) is 15.6. The zero-order chi connectivity index (χ0) is 27.2. The molecule has 0 unspecified atom stereocenters. The summed E-state index contributed by atoms with van der Waals surface area (Å²) >= 11 is 0. The van der Waals surface area contributed by atoms with Gasteiger partial charge in [-0.25, -0.2) is 28.1 Å². The van der Waals surface area contributed by atoms with Crippen molar-refractivity contribution in [2.45, 2.75) is 77.1 Å². The van der Waals surface area contributed by atoms with Crippen molar-refractivity contribution in [1.82, 2.24) is 13.7 Å². The third kappa shape index (κ3) is 8.31. The fraction of sp³-hybridized carbons (Fsp3) is 0.857. The van der Waals surface area contributed by atoms with Crippen molar-refractivity contribution in [3.63, 3.8) is 0 Å². The second-order valence-corrected chi connectivity index (χ2v) is 14.2. The molecule has 1 rings (SSSR count). The second-order valence-electron chi connectivity index (χ2n) is 8.01. The molecule has 35 heavy (non-hydrogen) atoms. The monoisotopic (exact) mass is 539 g/mol. The SMILES string of the molecule is [3H]CCCCn1c(=O)n(CCCC[Si](OC)(OC)OC)c(=O)n(CCCC[Si](OC)(OC)OC)c1=O. The highest BCUT2D eigenvalue weighted by molar-refractivity contribution is 6.60. The van der Waals surface area contributed by atoms with E-state index in [1.54, 1.807) is 0 Å². The van der Waals surface area contributed by atoms with Crippen molar-refractivity contribution in [3.05, 3.63) is 31.5 Å². The highest BCUT2D eigenvalue weighted by atomic mass is 28.4. The molecule has 0 aliphatic rings. The molecule has 0 aromatic carbocycles. The van der Waals surface area contributed by atoms with Crippen LogP contribution in [0, 0.1) is 0 Å². The number of hydrogen-bond donors (Lipinski definition) is 0. The van der Waals surface area contributed by atoms with E-state index in [1.807, 2.05) is 0 Å². The molecule has 12 nitrogen and oxygen atoms in total. The standard InChI is InChI=1S/C21H43N3O9Si2/c1-8-9-14-22-19(25)23(15-10-12-17-34(28-2,29-3)30-4)21(27)24(20(22)26)16-11-13-18-35(31-5,32-6)33-7/h8-18H2,1-7H3/i1T. The van der Waals surface area contributed by atoms with E-state index in [2.05, 4.69) is 0 Å². The van der Waals surface area contributed by atoms with Crippen LogP contribution in [0.15, 0.2) is 14.4 Å². The van der Waals surface area contributed by atoms with E-state index in [0.29, 0.717) is 50.6 Å². The minimum atomic E-state index is -2.75. The van der Waals surface area contributed by atoms with Gasteiger partial charge >= 0.3 is 34.7 Å². The van der Waals surface area contributed by atoms with Gasteiger partial charge in [0, 0.05) is 75.8 Å². The summed E-state index contributed by atoms with van der Waals surface area (Å²) in [6, 6.07) is 1.07. The second kappa shape index (κ2) is 15.7. The Morgan fingerprint density at radius 2 is 0.886 bits per heavy atom. The molecular formula is C21H43N3O9Si2. The minimum Gasteiger partial charge on any atom is -0.377 e. The van der Waals surface area contributed by atoms with Crippen LogP contribution >= 0.6 is 0 Å². The maximum absolute atomic E-state index is 13.2. The van der Waals surface area contributed by atoms with Gasteiger partial charge in [0.15, 0.2) is 0 Å². The third-order valence-electron chi connectivity index (χ3n) is 6.11. The van der Waals surface area contributed by atoms with Crippen LogP contribution in [-0.4, -0.2) is 74.0 Å². The first-order chi connectivity index (χ1) is 17.2. The van der Waals surface area contributed by atoms with Gasteiger partial charge in [0.05, 0.1) is 0 Å². The maximum atomic E-state index is 13.2. The van der Waals surface area contributed by atoms with E-state index in [4.69, 9.17) is 27.9 Å². The molecule has 0 spiro atoms. The highest BCUT2D eigenvalue weighted by Gasteiger charge is 2.37. The molecule has 0 atom stereocenters. The van der Waals surface area contributed by atoms with Gasteiger partial charge in [-0.3, -0.25) is 0 Å². The molecule has 0 radical (unpaired) electrons. The van der Waals surface area contributed by atoms with Crippen LogP contribution < -0.4 is 17.1 Å². The van der Waals surface area contributed by atoms with Crippen LogP contribution in [0.1, 0.15) is 46.8 Å². The summed E-state index contributed by atoms with van der Waals surface area (Å²) in [6.07, 6.45) is 3.31. The smallest absolute Gasteiger partial charge is 0.377 e. The van der Waals surface area contributed by atoms with Crippen LogP contribution in [0.5, 0.6) is 0 Å². The van der Waals surface area contributed by atoms with Crippen LogP contribution in [0.4, 0.5) is 0 Å². The molecule has 14 heteroatoms. The Kier molecular flexibility index (Phi) is 13.3. The normalized spacial score (nSPS) is 12.8. The fourth-order valence-electron chi connectivity index (χ4n) is 3.86. The average Bonchev–Trinajstić information content (AvgIpc) is 2.90. The minimum absolute atomic E-state index is 0.158. The highest BCUT2D eigenvalue weighted by Crippen LogP contribution is 2.17. The molecule has 0 bridgehead atoms. The molecule has 0 saturated carbocycles. The van der Waals surface area contributed by atoms with Gasteiger partial charge in [-0.05, 0) is 32.1 Å². The van der Waals surface area contributed by atoms with E-state index in [-0.39, 0.29) is 26.5 Å². The van der Waals surface area contributed by atoms with Crippen molar-refractivity contribution in [2.75, 3.05) is 42.7 Å². The van der Waals surface area contributed by atoms with Gasteiger partial charge in [-0.1, -0.05) is 13.3 Å². The lowest BCUT2D eigenvalue weighted by Crippen LogP contribution is -2.54. The summed E-state index contributed by atoms with van der Waals surface area (Å²) in [5.74, 6) is 0. The number of hydrogen-bond acceptors (Lipinski definition) is 9. The average molecular weight is 540 g/mol. The quantitative estimate of drug-likeness (QED) is 0.189. The molecule has 1 heterocycles. The topological polar surface area (TPSA) is 121 Å². The van der Waals surface area contributed by atoms with Gasteiger partial charge in [-0.2, -0.15) is 0 Å². The van der Waals surface area contributed by atoms with Crippen LogP contribution in [0.25, 0.3) is 0 Å². The largest absolute Gasteiger partial charge is 0.500 e. The maximum Gasteiger partial charge on any atom is 0.500 e. The Morgan fingerprint density at radius 1 is 0.571 bits per heavy atom. The fourth-order valence-corrected chi connectivity index (χ4v) is 7.45. The lowest BCUT2D eigenvalue weighted by Gasteiger charge is -2.24. The summed E-state index contributed by atoms with van der Waals surface area (Å²) in [5.41, 5.74) is -1.86. The van der Waals surface area contributed by atoms with E-state index >= 15 is 0 Å². The molecular weight excluding hydrogens is 494 g/mol. The Bertz CT molecular complexity index is 863. The van der Waals surface area contributed by atoms with Gasteiger partial charge < -0.3 is 26.6 Å². The Labute approximate surface area is 210 Å². The third-order valence-corrected chi connectivity index (χ3v) is 11.8. The summed E-state index contributed by atoms with van der Waals surface area (Å²) in [6.45, 7) is 0.684. The van der Waals surface area contributed by atoms with E-state index in [0.717, 1.165) is 13.7 Å². The molecule has 1 aromatic heterocycles. The van der Waals surface area contributed by atoms with Crippen molar-refractivity contribution in [3.8, 4) is 0 Å². The van der Waals surface area contributed by atoms with E-state index in [9.17, 15) is 14.4 Å². The first kappa shape index (κ1) is 29.8. The van der Waals surface area contributed by atoms with Gasteiger partial charge in [0.25, 0.3) is 0 Å². The summed E-state index contributed by atoms with van der Waals surface area (Å²) in [7, 11) is 3.70. The predicted molar refractivity (Wildman–Crippen MR) is 136 cm³/mol. The van der Waals surface area contributed by atoms with Crippen molar-refractivity contribution < 1.29 is 27.9 Å². The number of aromatic nitrogens is 3. The molecule has 0 N–H and O–H groups in total. The molecule has 0 amide bonds. The zero-order valence-electron chi connectivity index (χ0n) is 23.0. The summed E-state index contributed by atoms with van der Waals surface area (Å²) < 4.78 is 43.2. The Hall–Kier alpha value is -1.40. The first-order valence-electron chi connectivity index (χ1n) is 12.5. The number of unbranched alkanes of at least 4 members (excludes halogenated alkanes) is 3. The van der Waals surface area contributed by atoms with Crippen LogP contribution in [0.2, 0.25) is 12.1 Å². The number of rotatable bonds is 19. The molecule has 0 aliphatic heterocycles. The van der Waals surface area contributed by atoms with Crippen LogP contribution in [0.3, 0.4) is 0 Å². The van der Waals surface area contributed by atoms with Gasteiger partial charge in [0.2, 0.25) is 0 Å². The molecule has 0 saturated heterocycles. The summed E-state index contributed by atoms with van der Waals surface area (Å²) in [5, 5.41) is 0. The van der Waals surface area contributed by atoms with Crippen LogP contribution in [-0.2, 0) is 46.2 Å². The lowest BCUT2D eigenvalue weighted by molar-refractivity contribution is 0.122.